The van der Waals surface area contributed by atoms with Crippen LogP contribution in [-0.4, -0.2) is 61.6 Å². The molecule has 0 radical (unpaired) electrons. The summed E-state index contributed by atoms with van der Waals surface area (Å²) >= 11 is 0. The third-order valence-electron chi connectivity index (χ3n) is 5.19. The van der Waals surface area contributed by atoms with Crippen LogP contribution in [0.1, 0.15) is 35.2 Å². The average molecular weight is 345 g/mol. The summed E-state index contributed by atoms with van der Waals surface area (Å²) in [6.07, 6.45) is 3.66. The van der Waals surface area contributed by atoms with Gasteiger partial charge >= 0.3 is 12.0 Å². The van der Waals surface area contributed by atoms with Crippen LogP contribution in [0.4, 0.5) is 10.5 Å². The number of carbonyl (C=O) groups excluding carboxylic acids is 2. The monoisotopic (exact) mass is 345 g/mol. The highest BCUT2D eigenvalue weighted by atomic mass is 16.5. The average Bonchev–Trinajstić information content (AvgIpc) is 3.28. The molecule has 0 saturated carbocycles. The number of urea groups is 1. The van der Waals surface area contributed by atoms with E-state index in [1.807, 2.05) is 17.9 Å². The lowest BCUT2D eigenvalue weighted by molar-refractivity contribution is 0.0600. The molecule has 2 aliphatic heterocycles. The van der Waals surface area contributed by atoms with Crippen molar-refractivity contribution in [3.63, 3.8) is 0 Å². The fourth-order valence-corrected chi connectivity index (χ4v) is 3.69. The fraction of sp³-hybridized carbons (Fsp3) is 0.579. The molecule has 0 aromatic heterocycles. The number of methoxy groups -OCH3 is 1. The minimum atomic E-state index is -0.401. The van der Waals surface area contributed by atoms with Crippen molar-refractivity contribution in [3.05, 3.63) is 29.3 Å². The largest absolute Gasteiger partial charge is 0.465 e. The minimum absolute atomic E-state index is 0.0889. The van der Waals surface area contributed by atoms with Gasteiger partial charge in [0.2, 0.25) is 0 Å². The number of hydrogen-bond donors (Lipinski definition) is 1. The minimum Gasteiger partial charge on any atom is -0.465 e. The molecule has 6 nitrogen and oxygen atoms in total. The highest BCUT2D eigenvalue weighted by Gasteiger charge is 2.28. The van der Waals surface area contributed by atoms with Crippen LogP contribution in [0.25, 0.3) is 0 Å². The number of benzene rings is 1. The van der Waals surface area contributed by atoms with Gasteiger partial charge in [-0.3, -0.25) is 0 Å². The van der Waals surface area contributed by atoms with Crippen molar-refractivity contribution in [2.75, 3.05) is 45.2 Å². The van der Waals surface area contributed by atoms with Gasteiger partial charge < -0.3 is 19.9 Å². The number of carbonyl (C=O) groups is 2. The molecule has 136 valence electrons. The van der Waals surface area contributed by atoms with Gasteiger partial charge in [-0.25, -0.2) is 9.59 Å². The van der Waals surface area contributed by atoms with Crippen molar-refractivity contribution in [1.29, 1.82) is 0 Å². The van der Waals surface area contributed by atoms with Gasteiger partial charge in [0.05, 0.1) is 12.7 Å². The van der Waals surface area contributed by atoms with Crippen LogP contribution < -0.4 is 5.32 Å². The Balaban J connectivity index is 1.58. The number of aryl methyl sites for hydroxylation is 1. The summed E-state index contributed by atoms with van der Waals surface area (Å²) in [4.78, 5) is 28.7. The summed E-state index contributed by atoms with van der Waals surface area (Å²) in [5, 5.41) is 2.95. The van der Waals surface area contributed by atoms with Crippen LogP contribution in [0, 0.1) is 12.8 Å². The van der Waals surface area contributed by atoms with Gasteiger partial charge in [-0.05, 0) is 62.9 Å². The van der Waals surface area contributed by atoms with Gasteiger partial charge in [-0.1, -0.05) is 6.07 Å². The summed E-state index contributed by atoms with van der Waals surface area (Å²) in [6.45, 7) is 7.00. The predicted octanol–water partition coefficient (Wildman–Crippen LogP) is 2.73. The van der Waals surface area contributed by atoms with Crippen molar-refractivity contribution in [3.8, 4) is 0 Å². The normalized spacial score (nSPS) is 20.7. The van der Waals surface area contributed by atoms with Gasteiger partial charge in [0.25, 0.3) is 0 Å². The Labute approximate surface area is 149 Å². The van der Waals surface area contributed by atoms with Gasteiger partial charge in [0.15, 0.2) is 0 Å². The molecule has 2 fully saturated rings. The zero-order valence-corrected chi connectivity index (χ0v) is 15.1. The van der Waals surface area contributed by atoms with Crippen molar-refractivity contribution < 1.29 is 14.3 Å². The van der Waals surface area contributed by atoms with Crippen molar-refractivity contribution in [2.24, 2.45) is 5.92 Å². The fourth-order valence-electron chi connectivity index (χ4n) is 3.69. The van der Waals surface area contributed by atoms with Gasteiger partial charge in [-0.15, -0.1) is 0 Å². The van der Waals surface area contributed by atoms with E-state index >= 15 is 0 Å². The van der Waals surface area contributed by atoms with Crippen molar-refractivity contribution in [1.82, 2.24) is 9.80 Å². The number of nitrogens with zero attached hydrogens (tertiary/aromatic N) is 2. The molecule has 1 unspecified atom stereocenters. The van der Waals surface area contributed by atoms with E-state index in [1.54, 1.807) is 12.1 Å². The first-order valence-corrected chi connectivity index (χ1v) is 9.04. The third kappa shape index (κ3) is 4.31. The maximum absolute atomic E-state index is 12.6. The molecule has 25 heavy (non-hydrogen) atoms. The van der Waals surface area contributed by atoms with E-state index in [4.69, 9.17) is 4.74 Å². The van der Waals surface area contributed by atoms with Gasteiger partial charge in [0, 0.05) is 25.3 Å². The van der Waals surface area contributed by atoms with Crippen molar-refractivity contribution in [2.45, 2.75) is 26.2 Å². The molecule has 2 amide bonds. The highest BCUT2D eigenvalue weighted by Crippen LogP contribution is 2.22. The topological polar surface area (TPSA) is 61.9 Å². The first-order valence-electron chi connectivity index (χ1n) is 9.04. The van der Waals surface area contributed by atoms with Gasteiger partial charge in [-0.2, -0.15) is 0 Å². The Hall–Kier alpha value is -2.08. The van der Waals surface area contributed by atoms with E-state index in [0.29, 0.717) is 17.2 Å². The summed E-state index contributed by atoms with van der Waals surface area (Å²) in [7, 11) is 1.35. The molecular formula is C19H27N3O3. The van der Waals surface area contributed by atoms with Crippen LogP contribution in [0.5, 0.6) is 0 Å². The number of anilines is 1. The van der Waals surface area contributed by atoms with E-state index in [-0.39, 0.29) is 6.03 Å². The zero-order chi connectivity index (χ0) is 17.8. The molecule has 2 saturated heterocycles. The smallest absolute Gasteiger partial charge is 0.337 e. The molecule has 0 spiro atoms. The number of likely N-dealkylation sites (tertiary alicyclic amines) is 2. The Kier molecular flexibility index (Phi) is 5.58. The number of nitrogens with one attached hydrogen (secondary N) is 1. The standard InChI is InChI=1S/C19H27N3O3/c1-14-5-6-16(18(23)25-2)11-17(14)20-19(24)22-10-7-15(13-22)12-21-8-3-4-9-21/h5-6,11,15H,3-4,7-10,12-13H2,1-2H3,(H,20,24). The number of ether oxygens (including phenoxy) is 1. The molecule has 2 heterocycles. The molecular weight excluding hydrogens is 318 g/mol. The Morgan fingerprint density at radius 1 is 1.24 bits per heavy atom. The molecule has 0 bridgehead atoms. The highest BCUT2D eigenvalue weighted by molar-refractivity contribution is 5.94. The summed E-state index contributed by atoms with van der Waals surface area (Å²) < 4.78 is 4.75. The third-order valence-corrected chi connectivity index (χ3v) is 5.19. The zero-order valence-electron chi connectivity index (χ0n) is 15.1. The first kappa shape index (κ1) is 17.7. The number of esters is 1. The lowest BCUT2D eigenvalue weighted by Crippen LogP contribution is -2.35. The van der Waals surface area contributed by atoms with Crippen molar-refractivity contribution >= 4 is 17.7 Å². The van der Waals surface area contributed by atoms with E-state index in [2.05, 4.69) is 10.2 Å². The van der Waals surface area contributed by atoms with Crippen LogP contribution >= 0.6 is 0 Å². The lowest BCUT2D eigenvalue weighted by Gasteiger charge is -2.21. The molecule has 1 aromatic rings. The SMILES string of the molecule is COC(=O)c1ccc(C)c(NC(=O)N2CCC(CN3CCCC3)C2)c1. The summed E-state index contributed by atoms with van der Waals surface area (Å²) in [5.74, 6) is 0.161. The van der Waals surface area contributed by atoms with E-state index in [1.165, 1.54) is 33.0 Å². The summed E-state index contributed by atoms with van der Waals surface area (Å²) in [6, 6.07) is 5.12. The molecule has 0 aliphatic carbocycles. The number of amides is 2. The second kappa shape index (κ2) is 7.87. The molecule has 1 N–H and O–H groups in total. The maximum Gasteiger partial charge on any atom is 0.337 e. The quantitative estimate of drug-likeness (QED) is 0.853. The number of hydrogen-bond acceptors (Lipinski definition) is 4. The Morgan fingerprint density at radius 3 is 2.72 bits per heavy atom. The second-order valence-corrected chi connectivity index (χ2v) is 7.06. The van der Waals surface area contributed by atoms with Crippen LogP contribution in [-0.2, 0) is 4.74 Å². The number of rotatable bonds is 4. The maximum atomic E-state index is 12.6. The molecule has 2 aliphatic rings. The summed E-state index contributed by atoms with van der Waals surface area (Å²) in [5.41, 5.74) is 2.03. The molecule has 1 atom stereocenters. The van der Waals surface area contributed by atoms with E-state index in [9.17, 15) is 9.59 Å². The molecule has 3 rings (SSSR count). The lowest BCUT2D eigenvalue weighted by atomic mass is 10.1. The van der Waals surface area contributed by atoms with E-state index < -0.39 is 5.97 Å². The van der Waals surface area contributed by atoms with Crippen LogP contribution in [0.3, 0.4) is 0 Å². The van der Waals surface area contributed by atoms with Crippen LogP contribution in [0.15, 0.2) is 18.2 Å². The second-order valence-electron chi connectivity index (χ2n) is 7.06. The Bertz CT molecular complexity index is 641. The van der Waals surface area contributed by atoms with Gasteiger partial charge in [0.1, 0.15) is 0 Å². The van der Waals surface area contributed by atoms with Crippen LogP contribution in [0.2, 0.25) is 0 Å². The van der Waals surface area contributed by atoms with E-state index in [0.717, 1.165) is 31.6 Å². The molecule has 6 heteroatoms. The predicted molar refractivity (Wildman–Crippen MR) is 96.9 cm³/mol. The first-order chi connectivity index (χ1) is 12.1. The molecule has 1 aromatic carbocycles. The Morgan fingerprint density at radius 2 is 2.00 bits per heavy atom.